The number of carboxylic acids is 1. The largest absolute Gasteiger partial charge is 0.481 e. The molecule has 2 rings (SSSR count). The Morgan fingerprint density at radius 3 is 2.84 bits per heavy atom. The van der Waals surface area contributed by atoms with Crippen LogP contribution in [-0.4, -0.2) is 41.2 Å². The van der Waals surface area contributed by atoms with Crippen LogP contribution in [0, 0.1) is 5.92 Å². The number of likely N-dealkylation sites (N-methyl/N-ethyl adjacent to an activating group) is 1. The zero-order valence-corrected chi connectivity index (χ0v) is 11.8. The molecule has 19 heavy (non-hydrogen) atoms. The van der Waals surface area contributed by atoms with Crippen LogP contribution in [0.15, 0.2) is 29.2 Å². The highest BCUT2D eigenvalue weighted by Gasteiger charge is 2.31. The first-order valence-electron chi connectivity index (χ1n) is 6.20. The first kappa shape index (κ1) is 13.9. The van der Waals surface area contributed by atoms with Crippen molar-refractivity contribution >= 4 is 23.6 Å². The molecular formula is C14H17NO3S. The van der Waals surface area contributed by atoms with Crippen LogP contribution in [0.3, 0.4) is 0 Å². The van der Waals surface area contributed by atoms with Gasteiger partial charge in [0.15, 0.2) is 0 Å². The number of hydrogen-bond donors (Lipinski definition) is 1. The Kier molecular flexibility index (Phi) is 4.14. The number of benzene rings is 1. The van der Waals surface area contributed by atoms with Crippen LogP contribution in [0.4, 0.5) is 0 Å². The fraction of sp³-hybridized carbons (Fsp3) is 0.429. The maximum Gasteiger partial charge on any atom is 0.308 e. The molecule has 0 bridgehead atoms. The molecule has 1 aromatic rings. The molecule has 1 amide bonds. The lowest BCUT2D eigenvalue weighted by atomic mass is 9.99. The van der Waals surface area contributed by atoms with Gasteiger partial charge in [0.05, 0.1) is 11.8 Å². The first-order valence-corrected chi connectivity index (χ1v) is 7.18. The van der Waals surface area contributed by atoms with Gasteiger partial charge in [-0.2, -0.15) is 0 Å². The quantitative estimate of drug-likeness (QED) is 0.916. The molecule has 2 atom stereocenters. The summed E-state index contributed by atoms with van der Waals surface area (Å²) in [6.45, 7) is 1.86. The summed E-state index contributed by atoms with van der Waals surface area (Å²) in [6, 6.07) is 7.90. The molecule has 0 fully saturated rings. The van der Waals surface area contributed by atoms with Crippen molar-refractivity contribution in [3.63, 3.8) is 0 Å². The number of carbonyl (C=O) groups is 2. The molecule has 1 N–H and O–H groups in total. The number of carbonyl (C=O) groups excluding carboxylic acids is 1. The molecule has 0 saturated carbocycles. The van der Waals surface area contributed by atoms with Gasteiger partial charge in [-0.25, -0.2) is 0 Å². The minimum atomic E-state index is -0.874. The van der Waals surface area contributed by atoms with E-state index in [1.165, 1.54) is 4.90 Å². The number of fused-ring (bicyclic) bond motifs is 1. The van der Waals surface area contributed by atoms with Crippen LogP contribution in [-0.2, 0) is 9.59 Å². The number of hydrogen-bond acceptors (Lipinski definition) is 3. The van der Waals surface area contributed by atoms with E-state index in [1.807, 2.05) is 24.3 Å². The lowest BCUT2D eigenvalue weighted by molar-refractivity contribution is -0.142. The summed E-state index contributed by atoms with van der Waals surface area (Å²) in [6.07, 6.45) is 0. The van der Waals surface area contributed by atoms with E-state index in [1.54, 1.807) is 25.7 Å². The predicted octanol–water partition coefficient (Wildman–Crippen LogP) is 2.05. The Morgan fingerprint density at radius 2 is 2.16 bits per heavy atom. The number of rotatable bonds is 4. The van der Waals surface area contributed by atoms with Gasteiger partial charge in [0.1, 0.15) is 0 Å². The highest BCUT2D eigenvalue weighted by molar-refractivity contribution is 7.99. The second-order valence-corrected chi connectivity index (χ2v) is 5.92. The van der Waals surface area contributed by atoms with Gasteiger partial charge in [-0.05, 0) is 11.6 Å². The Bertz CT molecular complexity index is 503. The van der Waals surface area contributed by atoms with Crippen LogP contribution < -0.4 is 0 Å². The van der Waals surface area contributed by atoms with Crippen molar-refractivity contribution in [2.75, 3.05) is 19.3 Å². The van der Waals surface area contributed by atoms with Crippen LogP contribution >= 0.6 is 11.8 Å². The number of amides is 1. The first-order chi connectivity index (χ1) is 9.00. The van der Waals surface area contributed by atoms with Crippen LogP contribution in [0.25, 0.3) is 0 Å². The molecule has 1 heterocycles. The summed E-state index contributed by atoms with van der Waals surface area (Å²) in [7, 11) is 1.67. The van der Waals surface area contributed by atoms with Crippen LogP contribution in [0.1, 0.15) is 18.4 Å². The van der Waals surface area contributed by atoms with Gasteiger partial charge in [0.2, 0.25) is 5.91 Å². The van der Waals surface area contributed by atoms with Gasteiger partial charge in [-0.3, -0.25) is 9.59 Å². The van der Waals surface area contributed by atoms with Gasteiger partial charge in [-0.1, -0.05) is 25.1 Å². The summed E-state index contributed by atoms with van der Waals surface area (Å²) in [5, 5.41) is 8.89. The van der Waals surface area contributed by atoms with Gasteiger partial charge in [-0.15, -0.1) is 11.8 Å². The molecule has 1 aliphatic heterocycles. The summed E-state index contributed by atoms with van der Waals surface area (Å²) in [4.78, 5) is 25.9. The number of carboxylic acid groups (broad SMARTS) is 1. The number of nitrogens with zero attached hydrogens (tertiary/aromatic N) is 1. The van der Waals surface area contributed by atoms with Gasteiger partial charge >= 0.3 is 5.97 Å². The monoisotopic (exact) mass is 279 g/mol. The maximum absolute atomic E-state index is 12.4. The minimum Gasteiger partial charge on any atom is -0.481 e. The van der Waals surface area contributed by atoms with Crippen LogP contribution in [0.2, 0.25) is 0 Å². The molecule has 1 aromatic carbocycles. The van der Waals surface area contributed by atoms with Crippen molar-refractivity contribution in [3.05, 3.63) is 29.8 Å². The molecular weight excluding hydrogens is 262 g/mol. The van der Waals surface area contributed by atoms with Crippen LogP contribution in [0.5, 0.6) is 0 Å². The SMILES string of the molecule is CC(CN(C)C(=O)C1CSc2ccccc21)C(=O)O. The molecule has 1 aliphatic rings. The molecule has 0 aliphatic carbocycles. The van der Waals surface area contributed by atoms with Crippen molar-refractivity contribution < 1.29 is 14.7 Å². The zero-order valence-electron chi connectivity index (χ0n) is 11.0. The topological polar surface area (TPSA) is 57.6 Å². The minimum absolute atomic E-state index is 0.00514. The highest BCUT2D eigenvalue weighted by atomic mass is 32.2. The third-order valence-electron chi connectivity index (χ3n) is 3.34. The summed E-state index contributed by atoms with van der Waals surface area (Å²) in [5.74, 6) is -0.818. The van der Waals surface area contributed by atoms with E-state index in [0.29, 0.717) is 0 Å². The standard InChI is InChI=1S/C14H17NO3S/c1-9(14(17)18)7-15(2)13(16)11-8-19-12-6-4-3-5-10(11)12/h3-6,9,11H,7-8H2,1-2H3,(H,17,18). The summed E-state index contributed by atoms with van der Waals surface area (Å²) in [5.41, 5.74) is 1.06. The molecule has 102 valence electrons. The highest BCUT2D eigenvalue weighted by Crippen LogP contribution is 2.40. The summed E-state index contributed by atoms with van der Waals surface area (Å²) < 4.78 is 0. The number of aliphatic carboxylic acids is 1. The lowest BCUT2D eigenvalue weighted by Crippen LogP contribution is -2.37. The van der Waals surface area contributed by atoms with E-state index in [-0.39, 0.29) is 18.4 Å². The van der Waals surface area contributed by atoms with E-state index in [0.717, 1.165) is 16.2 Å². The molecule has 0 radical (unpaired) electrons. The Morgan fingerprint density at radius 1 is 1.47 bits per heavy atom. The van der Waals surface area contributed by atoms with E-state index in [9.17, 15) is 9.59 Å². The average molecular weight is 279 g/mol. The fourth-order valence-electron chi connectivity index (χ4n) is 2.21. The van der Waals surface area contributed by atoms with Gasteiger partial charge < -0.3 is 10.0 Å². The van der Waals surface area contributed by atoms with Crippen molar-refractivity contribution in [1.82, 2.24) is 4.90 Å². The molecule has 0 spiro atoms. The van der Waals surface area contributed by atoms with Crippen molar-refractivity contribution in [2.45, 2.75) is 17.7 Å². The third kappa shape index (κ3) is 2.92. The van der Waals surface area contributed by atoms with Crippen molar-refractivity contribution in [2.24, 2.45) is 5.92 Å². The lowest BCUT2D eigenvalue weighted by Gasteiger charge is -2.23. The van der Waals surface area contributed by atoms with Gasteiger partial charge in [0.25, 0.3) is 0 Å². The zero-order chi connectivity index (χ0) is 14.0. The normalized spacial score (nSPS) is 18.7. The van der Waals surface area contributed by atoms with E-state index in [2.05, 4.69) is 0 Å². The molecule has 5 heteroatoms. The molecule has 0 saturated heterocycles. The Labute approximate surface area is 116 Å². The Hall–Kier alpha value is -1.49. The number of thioether (sulfide) groups is 1. The second kappa shape index (κ2) is 5.65. The van der Waals surface area contributed by atoms with Crippen molar-refractivity contribution in [1.29, 1.82) is 0 Å². The van der Waals surface area contributed by atoms with Gasteiger partial charge in [0, 0.05) is 24.2 Å². The summed E-state index contributed by atoms with van der Waals surface area (Å²) >= 11 is 1.68. The maximum atomic E-state index is 12.4. The second-order valence-electron chi connectivity index (χ2n) is 4.86. The Balaban J connectivity index is 2.07. The molecule has 2 unspecified atom stereocenters. The average Bonchev–Trinajstić information content (AvgIpc) is 2.81. The van der Waals surface area contributed by atoms with E-state index < -0.39 is 11.9 Å². The third-order valence-corrected chi connectivity index (χ3v) is 4.53. The smallest absolute Gasteiger partial charge is 0.308 e. The molecule has 0 aromatic heterocycles. The molecule has 4 nitrogen and oxygen atoms in total. The van der Waals surface area contributed by atoms with E-state index >= 15 is 0 Å². The fourth-order valence-corrected chi connectivity index (χ4v) is 3.43. The van der Waals surface area contributed by atoms with Crippen molar-refractivity contribution in [3.8, 4) is 0 Å². The van der Waals surface area contributed by atoms with E-state index in [4.69, 9.17) is 5.11 Å². The predicted molar refractivity (Wildman–Crippen MR) is 74.3 cm³/mol.